The molecule has 1 aromatic carbocycles. The van der Waals surface area contributed by atoms with E-state index < -0.39 is 0 Å². The van der Waals surface area contributed by atoms with Gasteiger partial charge < -0.3 is 0 Å². The number of benzene rings is 1. The van der Waals surface area contributed by atoms with E-state index >= 15 is 0 Å². The Morgan fingerprint density at radius 2 is 1.50 bits per heavy atom. The maximum Gasteiger partial charge on any atom is 0.123 e. The van der Waals surface area contributed by atoms with Gasteiger partial charge in [0.25, 0.3) is 0 Å². The van der Waals surface area contributed by atoms with Gasteiger partial charge in [-0.25, -0.2) is 4.39 Å². The van der Waals surface area contributed by atoms with E-state index in [1.54, 1.807) is 12.1 Å². The smallest absolute Gasteiger partial charge is 0.123 e. The Kier molecular flexibility index (Phi) is 2.96. The van der Waals surface area contributed by atoms with Crippen LogP contribution in [0.5, 0.6) is 0 Å². The molecule has 2 bridgehead atoms. The number of halogens is 1. The van der Waals surface area contributed by atoms with Crippen LogP contribution < -0.4 is 0 Å². The molecule has 3 aliphatic rings. The van der Waals surface area contributed by atoms with Crippen molar-refractivity contribution in [2.75, 3.05) is 0 Å². The van der Waals surface area contributed by atoms with Gasteiger partial charge in [-0.15, -0.1) is 0 Å². The minimum atomic E-state index is -0.109. The zero-order chi connectivity index (χ0) is 12.6. The zero-order valence-corrected chi connectivity index (χ0v) is 11.3. The van der Waals surface area contributed by atoms with Gasteiger partial charge in [-0.05, 0) is 73.5 Å². The Morgan fingerprint density at radius 1 is 0.944 bits per heavy atom. The first kappa shape index (κ1) is 12.2. The van der Waals surface area contributed by atoms with Crippen LogP contribution in [-0.2, 0) is 5.41 Å². The third-order valence-corrected chi connectivity index (χ3v) is 5.64. The van der Waals surface area contributed by atoms with Crippen molar-refractivity contribution in [2.24, 2.45) is 5.41 Å². The molecule has 0 radical (unpaired) electrons. The summed E-state index contributed by atoms with van der Waals surface area (Å²) in [7, 11) is 0. The summed E-state index contributed by atoms with van der Waals surface area (Å²) in [6.07, 6.45) is 10.8. The summed E-state index contributed by atoms with van der Waals surface area (Å²) in [6.45, 7) is 2.31. The van der Waals surface area contributed by atoms with E-state index in [1.165, 1.54) is 56.9 Å². The van der Waals surface area contributed by atoms with Crippen molar-refractivity contribution < 1.29 is 4.39 Å². The van der Waals surface area contributed by atoms with Crippen LogP contribution >= 0.6 is 0 Å². The molecular weight excluding hydrogens is 223 g/mol. The molecule has 18 heavy (non-hydrogen) atoms. The molecular formula is C17H23F. The SMILES string of the molecule is CCCC12CCC(c3ccc(F)cc3)(CC1)CC2. The van der Waals surface area contributed by atoms with Crippen molar-refractivity contribution >= 4 is 0 Å². The van der Waals surface area contributed by atoms with Crippen LogP contribution in [0.15, 0.2) is 24.3 Å². The summed E-state index contributed by atoms with van der Waals surface area (Å²) in [5.74, 6) is -0.109. The fourth-order valence-corrected chi connectivity index (χ4v) is 4.41. The second-order valence-corrected chi connectivity index (χ2v) is 6.54. The molecule has 0 nitrogen and oxygen atoms in total. The van der Waals surface area contributed by atoms with Crippen LogP contribution in [-0.4, -0.2) is 0 Å². The standard InChI is InChI=1S/C17H23F/c1-2-7-16-8-11-17(12-9-16,13-10-16)14-3-5-15(18)6-4-14/h3-6H,2,7-13H2,1H3. The summed E-state index contributed by atoms with van der Waals surface area (Å²) in [6, 6.07) is 7.31. The Morgan fingerprint density at radius 3 is 2.00 bits per heavy atom. The number of fused-ring (bicyclic) bond motifs is 3. The lowest BCUT2D eigenvalue weighted by molar-refractivity contribution is 0.0320. The molecule has 0 amide bonds. The fraction of sp³-hybridized carbons (Fsp3) is 0.647. The quantitative estimate of drug-likeness (QED) is 0.686. The van der Waals surface area contributed by atoms with Crippen LogP contribution in [0.3, 0.4) is 0 Å². The van der Waals surface area contributed by atoms with Gasteiger partial charge in [-0.2, -0.15) is 0 Å². The van der Waals surface area contributed by atoms with Gasteiger partial charge in [0.1, 0.15) is 5.82 Å². The third kappa shape index (κ3) is 1.88. The molecule has 0 aliphatic heterocycles. The van der Waals surface area contributed by atoms with Crippen LogP contribution in [0, 0.1) is 11.2 Å². The van der Waals surface area contributed by atoms with Crippen LogP contribution in [0.4, 0.5) is 4.39 Å². The second kappa shape index (κ2) is 4.36. The van der Waals surface area contributed by atoms with Crippen molar-refractivity contribution in [1.29, 1.82) is 0 Å². The normalized spacial score (nSPS) is 34.8. The van der Waals surface area contributed by atoms with Gasteiger partial charge in [0.15, 0.2) is 0 Å². The van der Waals surface area contributed by atoms with Crippen LogP contribution in [0.2, 0.25) is 0 Å². The largest absolute Gasteiger partial charge is 0.207 e. The lowest BCUT2D eigenvalue weighted by Gasteiger charge is -2.54. The average Bonchev–Trinajstić information content (AvgIpc) is 2.42. The summed E-state index contributed by atoms with van der Waals surface area (Å²) >= 11 is 0. The molecule has 4 rings (SSSR count). The van der Waals surface area contributed by atoms with Gasteiger partial charge in [-0.1, -0.05) is 25.5 Å². The molecule has 0 saturated heterocycles. The predicted molar refractivity (Wildman–Crippen MR) is 73.1 cm³/mol. The van der Waals surface area contributed by atoms with Crippen molar-refractivity contribution in [2.45, 2.75) is 63.7 Å². The summed E-state index contributed by atoms with van der Waals surface area (Å²) in [4.78, 5) is 0. The molecule has 98 valence electrons. The van der Waals surface area contributed by atoms with Gasteiger partial charge in [0.05, 0.1) is 0 Å². The number of rotatable bonds is 3. The highest BCUT2D eigenvalue weighted by Crippen LogP contribution is 2.59. The van der Waals surface area contributed by atoms with Crippen molar-refractivity contribution in [3.63, 3.8) is 0 Å². The van der Waals surface area contributed by atoms with Gasteiger partial charge in [0.2, 0.25) is 0 Å². The molecule has 0 heterocycles. The highest BCUT2D eigenvalue weighted by Gasteiger charge is 2.48. The maximum absolute atomic E-state index is 13.1. The first-order valence-corrected chi connectivity index (χ1v) is 7.44. The Balaban J connectivity index is 1.82. The molecule has 1 heteroatoms. The molecule has 0 N–H and O–H groups in total. The molecule has 3 fully saturated rings. The Bertz CT molecular complexity index is 393. The first-order valence-electron chi connectivity index (χ1n) is 7.44. The fourth-order valence-electron chi connectivity index (χ4n) is 4.41. The topological polar surface area (TPSA) is 0 Å². The Labute approximate surface area is 110 Å². The van der Waals surface area contributed by atoms with E-state index in [0.29, 0.717) is 10.8 Å². The second-order valence-electron chi connectivity index (χ2n) is 6.54. The lowest BCUT2D eigenvalue weighted by atomic mass is 9.51. The molecule has 3 aliphatic carbocycles. The Hall–Kier alpha value is -0.850. The van der Waals surface area contributed by atoms with Crippen LogP contribution in [0.1, 0.15) is 63.9 Å². The summed E-state index contributed by atoms with van der Waals surface area (Å²) < 4.78 is 13.1. The van der Waals surface area contributed by atoms with E-state index in [9.17, 15) is 4.39 Å². The monoisotopic (exact) mass is 246 g/mol. The molecule has 1 aromatic rings. The van der Waals surface area contributed by atoms with E-state index in [0.717, 1.165) is 0 Å². The summed E-state index contributed by atoms with van der Waals surface area (Å²) in [5.41, 5.74) is 2.42. The predicted octanol–water partition coefficient (Wildman–Crippen LogP) is 5.22. The lowest BCUT2D eigenvalue weighted by Crippen LogP contribution is -2.44. The molecule has 0 unspecified atom stereocenters. The minimum absolute atomic E-state index is 0.109. The van der Waals surface area contributed by atoms with Crippen molar-refractivity contribution in [3.05, 3.63) is 35.6 Å². The molecule has 0 aromatic heterocycles. The van der Waals surface area contributed by atoms with E-state index in [1.807, 2.05) is 12.1 Å². The zero-order valence-electron chi connectivity index (χ0n) is 11.3. The van der Waals surface area contributed by atoms with Crippen molar-refractivity contribution in [1.82, 2.24) is 0 Å². The van der Waals surface area contributed by atoms with E-state index in [4.69, 9.17) is 0 Å². The van der Waals surface area contributed by atoms with Gasteiger partial charge in [0, 0.05) is 0 Å². The van der Waals surface area contributed by atoms with Crippen LogP contribution in [0.25, 0.3) is 0 Å². The van der Waals surface area contributed by atoms with E-state index in [-0.39, 0.29) is 5.82 Å². The maximum atomic E-state index is 13.1. The van der Waals surface area contributed by atoms with E-state index in [2.05, 4.69) is 6.92 Å². The number of hydrogen-bond donors (Lipinski definition) is 0. The molecule has 0 atom stereocenters. The average molecular weight is 246 g/mol. The third-order valence-electron chi connectivity index (χ3n) is 5.64. The molecule has 0 spiro atoms. The van der Waals surface area contributed by atoms with Crippen molar-refractivity contribution in [3.8, 4) is 0 Å². The minimum Gasteiger partial charge on any atom is -0.207 e. The highest BCUT2D eigenvalue weighted by atomic mass is 19.1. The summed E-state index contributed by atoms with van der Waals surface area (Å²) in [5, 5.41) is 0. The molecule has 3 saturated carbocycles. The number of hydrogen-bond acceptors (Lipinski definition) is 0. The highest BCUT2D eigenvalue weighted by molar-refractivity contribution is 5.28. The first-order chi connectivity index (χ1) is 8.68. The van der Waals surface area contributed by atoms with Gasteiger partial charge >= 0.3 is 0 Å². The van der Waals surface area contributed by atoms with Gasteiger partial charge in [-0.3, -0.25) is 0 Å².